The smallest absolute Gasteiger partial charge is 0.258 e. The van der Waals surface area contributed by atoms with Crippen LogP contribution in [0.15, 0.2) is 52.5 Å². The van der Waals surface area contributed by atoms with Crippen molar-refractivity contribution in [3.05, 3.63) is 58.4 Å². The first-order valence-corrected chi connectivity index (χ1v) is 7.65. The number of carbonyl (C=O) groups excluding carboxylic acids is 1. The van der Waals surface area contributed by atoms with Crippen molar-refractivity contribution >= 4 is 22.9 Å². The Labute approximate surface area is 134 Å². The molecule has 0 atom stereocenters. The molecule has 4 rings (SSSR count). The van der Waals surface area contributed by atoms with Gasteiger partial charge in [-0.15, -0.1) is 0 Å². The minimum absolute atomic E-state index is 0.114. The molecule has 1 fully saturated rings. The van der Waals surface area contributed by atoms with Gasteiger partial charge < -0.3 is 15.5 Å². The highest BCUT2D eigenvalue weighted by atomic mass is 16.6. The van der Waals surface area contributed by atoms with Gasteiger partial charge in [-0.05, 0) is 31.4 Å². The van der Waals surface area contributed by atoms with Gasteiger partial charge in [-0.2, -0.15) is 0 Å². The van der Waals surface area contributed by atoms with Gasteiger partial charge in [0.05, 0.1) is 11.3 Å². The fraction of sp³-hybridized carbons (Fsp3) is 0.222. The summed E-state index contributed by atoms with van der Waals surface area (Å²) in [6.07, 6.45) is 6.22. The summed E-state index contributed by atoms with van der Waals surface area (Å²) in [6, 6.07) is 5.96. The first-order chi connectivity index (χ1) is 11.2. The molecule has 116 valence electrons. The zero-order valence-electron chi connectivity index (χ0n) is 13.1. The van der Waals surface area contributed by atoms with Crippen LogP contribution in [0.25, 0.3) is 5.57 Å². The quantitative estimate of drug-likeness (QED) is 0.619. The number of amides is 1. The Morgan fingerprint density at radius 3 is 2.83 bits per heavy atom. The third-order valence-electron chi connectivity index (χ3n) is 4.26. The number of anilines is 1. The number of fused-ring (bicyclic) bond motifs is 2. The van der Waals surface area contributed by atoms with E-state index in [1.165, 1.54) is 7.11 Å². The van der Waals surface area contributed by atoms with Crippen molar-refractivity contribution in [1.82, 2.24) is 5.32 Å². The molecule has 1 amide bonds. The van der Waals surface area contributed by atoms with Crippen molar-refractivity contribution in [3.8, 4) is 0 Å². The fourth-order valence-corrected chi connectivity index (χ4v) is 3.25. The molecule has 0 bridgehead atoms. The van der Waals surface area contributed by atoms with E-state index in [2.05, 4.69) is 27.9 Å². The summed E-state index contributed by atoms with van der Waals surface area (Å²) in [6.45, 7) is 2.01. The first-order valence-electron chi connectivity index (χ1n) is 7.65. The van der Waals surface area contributed by atoms with Crippen molar-refractivity contribution in [3.63, 3.8) is 0 Å². The van der Waals surface area contributed by atoms with E-state index in [9.17, 15) is 4.79 Å². The average Bonchev–Trinajstić information content (AvgIpc) is 3.04. The topological polar surface area (TPSA) is 62.7 Å². The molecule has 0 spiro atoms. The van der Waals surface area contributed by atoms with Crippen molar-refractivity contribution < 1.29 is 9.63 Å². The molecule has 0 unspecified atom stereocenters. The Hall–Kier alpha value is -2.82. The lowest BCUT2D eigenvalue weighted by Gasteiger charge is -2.05. The van der Waals surface area contributed by atoms with Crippen LogP contribution in [0.2, 0.25) is 0 Å². The van der Waals surface area contributed by atoms with Crippen LogP contribution in [-0.2, 0) is 9.63 Å². The van der Waals surface area contributed by atoms with Gasteiger partial charge in [-0.1, -0.05) is 29.4 Å². The lowest BCUT2D eigenvalue weighted by Crippen LogP contribution is -2.14. The van der Waals surface area contributed by atoms with E-state index in [0.29, 0.717) is 17.0 Å². The third-order valence-corrected chi connectivity index (χ3v) is 4.26. The number of allylic oxidation sites excluding steroid dienone is 4. The van der Waals surface area contributed by atoms with Gasteiger partial charge in [0.15, 0.2) is 0 Å². The molecular weight excluding hydrogens is 290 g/mol. The van der Waals surface area contributed by atoms with Crippen molar-refractivity contribution in [1.29, 1.82) is 0 Å². The maximum atomic E-state index is 12.5. The normalized spacial score (nSPS) is 23.7. The summed E-state index contributed by atoms with van der Waals surface area (Å²) in [4.78, 5) is 17.6. The molecule has 1 saturated heterocycles. The molecule has 1 aliphatic carbocycles. The molecule has 5 nitrogen and oxygen atoms in total. The van der Waals surface area contributed by atoms with Crippen LogP contribution in [0, 0.1) is 6.92 Å². The molecule has 2 heterocycles. The molecule has 23 heavy (non-hydrogen) atoms. The number of nitrogens with zero attached hydrogens (tertiary/aromatic N) is 1. The molecule has 2 N–H and O–H groups in total. The Morgan fingerprint density at radius 1 is 1.17 bits per heavy atom. The summed E-state index contributed by atoms with van der Waals surface area (Å²) < 4.78 is 0. The highest BCUT2D eigenvalue weighted by Gasteiger charge is 2.36. The zero-order valence-corrected chi connectivity index (χ0v) is 13.1. The molecular formula is C18H17N3O2. The van der Waals surface area contributed by atoms with Crippen LogP contribution < -0.4 is 10.6 Å². The standard InChI is InChI=1S/C18H17N3O2/c1-10-7-8-11-14(9-10)20-18(22)15(11)17-16(21-23-2)12-5-3-4-6-13(12)19-17/h5-9,19H,3-4H2,1-2H3,(H,20,22)/b17-15-,21-16+. The van der Waals surface area contributed by atoms with Gasteiger partial charge in [0, 0.05) is 22.5 Å². The number of nitrogens with one attached hydrogen (secondary N) is 2. The minimum atomic E-state index is -0.114. The van der Waals surface area contributed by atoms with E-state index in [1.54, 1.807) is 0 Å². The van der Waals surface area contributed by atoms with Crippen LogP contribution in [0.4, 0.5) is 5.69 Å². The van der Waals surface area contributed by atoms with E-state index in [4.69, 9.17) is 4.84 Å². The second-order valence-corrected chi connectivity index (χ2v) is 5.81. The summed E-state index contributed by atoms with van der Waals surface area (Å²) in [5.41, 5.74) is 6.88. The van der Waals surface area contributed by atoms with Crippen LogP contribution >= 0.6 is 0 Å². The van der Waals surface area contributed by atoms with E-state index >= 15 is 0 Å². The average molecular weight is 307 g/mol. The van der Waals surface area contributed by atoms with E-state index in [1.807, 2.05) is 25.1 Å². The fourth-order valence-electron chi connectivity index (χ4n) is 3.25. The predicted molar refractivity (Wildman–Crippen MR) is 89.7 cm³/mol. The Morgan fingerprint density at radius 2 is 2.00 bits per heavy atom. The lowest BCUT2D eigenvalue weighted by atomic mass is 9.98. The summed E-state index contributed by atoms with van der Waals surface area (Å²) in [7, 11) is 1.52. The summed E-state index contributed by atoms with van der Waals surface area (Å²) >= 11 is 0. The number of carbonyl (C=O) groups is 1. The van der Waals surface area contributed by atoms with E-state index in [-0.39, 0.29) is 5.91 Å². The summed E-state index contributed by atoms with van der Waals surface area (Å²) in [5.74, 6) is -0.114. The Balaban J connectivity index is 1.94. The van der Waals surface area contributed by atoms with E-state index < -0.39 is 0 Å². The van der Waals surface area contributed by atoms with Gasteiger partial charge in [0.2, 0.25) is 0 Å². The van der Waals surface area contributed by atoms with Crippen LogP contribution in [-0.4, -0.2) is 18.7 Å². The maximum absolute atomic E-state index is 12.5. The zero-order chi connectivity index (χ0) is 16.0. The summed E-state index contributed by atoms with van der Waals surface area (Å²) in [5, 5.41) is 10.5. The number of aryl methyl sites for hydroxylation is 1. The highest BCUT2D eigenvalue weighted by molar-refractivity contribution is 6.38. The van der Waals surface area contributed by atoms with Crippen LogP contribution in [0.5, 0.6) is 0 Å². The minimum Gasteiger partial charge on any atom is -0.399 e. The number of hydrogen-bond donors (Lipinski definition) is 2. The SMILES string of the molecule is CO/N=C1\C2=CCCC=C2N\C1=C1/C(=O)Nc2cc(C)ccc21. The molecule has 2 aliphatic heterocycles. The highest BCUT2D eigenvalue weighted by Crippen LogP contribution is 2.38. The molecule has 1 aromatic carbocycles. The lowest BCUT2D eigenvalue weighted by molar-refractivity contribution is -0.110. The van der Waals surface area contributed by atoms with Crippen LogP contribution in [0.1, 0.15) is 24.0 Å². The maximum Gasteiger partial charge on any atom is 0.258 e. The van der Waals surface area contributed by atoms with Crippen molar-refractivity contribution in [2.24, 2.45) is 5.16 Å². The predicted octanol–water partition coefficient (Wildman–Crippen LogP) is 2.87. The second kappa shape index (κ2) is 5.12. The van der Waals surface area contributed by atoms with Gasteiger partial charge >= 0.3 is 0 Å². The number of rotatable bonds is 1. The van der Waals surface area contributed by atoms with Gasteiger partial charge in [-0.25, -0.2) is 0 Å². The second-order valence-electron chi connectivity index (χ2n) is 5.81. The molecule has 0 saturated carbocycles. The number of hydrogen-bond acceptors (Lipinski definition) is 4. The van der Waals surface area contributed by atoms with Crippen molar-refractivity contribution in [2.45, 2.75) is 19.8 Å². The van der Waals surface area contributed by atoms with Gasteiger partial charge in [0.25, 0.3) is 5.91 Å². The molecule has 3 aliphatic rings. The monoisotopic (exact) mass is 307 g/mol. The first kappa shape index (κ1) is 13.8. The molecule has 0 aromatic heterocycles. The van der Waals surface area contributed by atoms with Crippen LogP contribution in [0.3, 0.4) is 0 Å². The van der Waals surface area contributed by atoms with Gasteiger partial charge in [-0.3, -0.25) is 4.79 Å². The van der Waals surface area contributed by atoms with E-state index in [0.717, 1.165) is 40.9 Å². The van der Waals surface area contributed by atoms with Gasteiger partial charge in [0.1, 0.15) is 12.8 Å². The Kier molecular flexibility index (Phi) is 3.08. The third kappa shape index (κ3) is 2.08. The molecule has 1 aromatic rings. The number of benzene rings is 1. The Bertz CT molecular complexity index is 844. The molecule has 0 radical (unpaired) electrons. The largest absolute Gasteiger partial charge is 0.399 e. The molecule has 5 heteroatoms. The van der Waals surface area contributed by atoms with Crippen molar-refractivity contribution in [2.75, 3.05) is 12.4 Å². The number of oxime groups is 1.